The molecule has 0 radical (unpaired) electrons. The van der Waals surface area contributed by atoms with E-state index in [4.69, 9.17) is 22.1 Å². The molecule has 0 aliphatic carbocycles. The molecule has 84 valence electrons. The van der Waals surface area contributed by atoms with Crippen LogP contribution in [-0.2, 0) is 11.3 Å². The van der Waals surface area contributed by atoms with Gasteiger partial charge < -0.3 is 10.5 Å². The number of nitrogen functional groups attached to an aromatic ring is 1. The van der Waals surface area contributed by atoms with E-state index in [1.54, 1.807) is 0 Å². The summed E-state index contributed by atoms with van der Waals surface area (Å²) in [6, 6.07) is 0. The molecule has 0 aromatic carbocycles. The SMILES string of the molecule is Cc1nn(CC2CCOCC2)c(N)c1Cl. The van der Waals surface area contributed by atoms with Crippen LogP contribution in [-0.4, -0.2) is 23.0 Å². The van der Waals surface area contributed by atoms with Crippen molar-refractivity contribution in [1.29, 1.82) is 0 Å². The summed E-state index contributed by atoms with van der Waals surface area (Å²) in [6.45, 7) is 4.42. The minimum absolute atomic E-state index is 0.584. The summed E-state index contributed by atoms with van der Waals surface area (Å²) in [6.07, 6.45) is 2.16. The molecule has 4 nitrogen and oxygen atoms in total. The Balaban J connectivity index is 2.06. The third-order valence-corrected chi connectivity index (χ3v) is 3.33. The fourth-order valence-electron chi connectivity index (χ4n) is 1.89. The summed E-state index contributed by atoms with van der Waals surface area (Å²) in [5.74, 6) is 1.19. The van der Waals surface area contributed by atoms with Crippen molar-refractivity contribution in [3.8, 4) is 0 Å². The zero-order valence-corrected chi connectivity index (χ0v) is 9.63. The first-order valence-corrected chi connectivity index (χ1v) is 5.62. The molecule has 1 saturated heterocycles. The van der Waals surface area contributed by atoms with Gasteiger partial charge in [0.25, 0.3) is 0 Å². The highest BCUT2D eigenvalue weighted by Crippen LogP contribution is 2.25. The highest BCUT2D eigenvalue weighted by molar-refractivity contribution is 6.33. The van der Waals surface area contributed by atoms with Crippen molar-refractivity contribution >= 4 is 17.4 Å². The first-order chi connectivity index (χ1) is 7.18. The van der Waals surface area contributed by atoms with Crippen LogP contribution in [0.3, 0.4) is 0 Å². The lowest BCUT2D eigenvalue weighted by Gasteiger charge is -2.22. The molecule has 5 heteroatoms. The summed E-state index contributed by atoms with van der Waals surface area (Å²) in [5, 5.41) is 4.91. The molecule has 1 aromatic rings. The lowest BCUT2D eigenvalue weighted by atomic mass is 10.0. The van der Waals surface area contributed by atoms with Gasteiger partial charge in [-0.25, -0.2) is 4.68 Å². The van der Waals surface area contributed by atoms with Gasteiger partial charge in [0.05, 0.1) is 5.69 Å². The van der Waals surface area contributed by atoms with Gasteiger partial charge in [0, 0.05) is 19.8 Å². The van der Waals surface area contributed by atoms with E-state index >= 15 is 0 Å². The summed E-state index contributed by atoms with van der Waals surface area (Å²) in [5.41, 5.74) is 6.66. The van der Waals surface area contributed by atoms with Crippen LogP contribution in [0.4, 0.5) is 5.82 Å². The van der Waals surface area contributed by atoms with Crippen LogP contribution in [0.5, 0.6) is 0 Å². The highest BCUT2D eigenvalue weighted by Gasteiger charge is 2.17. The van der Waals surface area contributed by atoms with Gasteiger partial charge in [-0.3, -0.25) is 0 Å². The average molecular weight is 230 g/mol. The summed E-state index contributed by atoms with van der Waals surface area (Å²) in [7, 11) is 0. The van der Waals surface area contributed by atoms with E-state index in [-0.39, 0.29) is 0 Å². The van der Waals surface area contributed by atoms with Crippen LogP contribution in [0.15, 0.2) is 0 Å². The molecule has 1 aromatic heterocycles. The van der Waals surface area contributed by atoms with Gasteiger partial charge >= 0.3 is 0 Å². The van der Waals surface area contributed by atoms with Crippen LogP contribution in [0.25, 0.3) is 0 Å². The molecule has 0 saturated carbocycles. The fourth-order valence-corrected chi connectivity index (χ4v) is 2.03. The number of aromatic nitrogens is 2. The third-order valence-electron chi connectivity index (χ3n) is 2.86. The summed E-state index contributed by atoms with van der Waals surface area (Å²) < 4.78 is 7.12. The van der Waals surface area contributed by atoms with Crippen molar-refractivity contribution in [2.45, 2.75) is 26.3 Å². The van der Waals surface area contributed by atoms with E-state index in [0.29, 0.717) is 16.8 Å². The largest absolute Gasteiger partial charge is 0.383 e. The first-order valence-electron chi connectivity index (χ1n) is 5.24. The summed E-state index contributed by atoms with van der Waals surface area (Å²) in [4.78, 5) is 0. The Labute approximate surface area is 94.3 Å². The Morgan fingerprint density at radius 3 is 2.73 bits per heavy atom. The second-order valence-corrected chi connectivity index (χ2v) is 4.40. The lowest BCUT2D eigenvalue weighted by molar-refractivity contribution is 0.0603. The molecule has 0 spiro atoms. The van der Waals surface area contributed by atoms with E-state index in [1.807, 2.05) is 11.6 Å². The number of nitrogens with two attached hydrogens (primary N) is 1. The van der Waals surface area contributed by atoms with Crippen molar-refractivity contribution in [3.63, 3.8) is 0 Å². The van der Waals surface area contributed by atoms with Crippen LogP contribution in [0, 0.1) is 12.8 Å². The molecule has 1 aliphatic rings. The number of hydrogen-bond donors (Lipinski definition) is 1. The fraction of sp³-hybridized carbons (Fsp3) is 0.700. The van der Waals surface area contributed by atoms with Crippen LogP contribution in [0.1, 0.15) is 18.5 Å². The Kier molecular flexibility index (Phi) is 3.17. The van der Waals surface area contributed by atoms with E-state index in [9.17, 15) is 0 Å². The Bertz CT molecular complexity index is 345. The molecule has 0 amide bonds. The van der Waals surface area contributed by atoms with Gasteiger partial charge in [-0.2, -0.15) is 5.10 Å². The molecular weight excluding hydrogens is 214 g/mol. The van der Waals surface area contributed by atoms with Crippen molar-refractivity contribution in [3.05, 3.63) is 10.7 Å². The van der Waals surface area contributed by atoms with Gasteiger partial charge in [-0.15, -0.1) is 0 Å². The van der Waals surface area contributed by atoms with Crippen molar-refractivity contribution in [2.75, 3.05) is 18.9 Å². The van der Waals surface area contributed by atoms with Gasteiger partial charge in [-0.1, -0.05) is 11.6 Å². The second kappa shape index (κ2) is 4.41. The zero-order valence-electron chi connectivity index (χ0n) is 8.87. The lowest BCUT2D eigenvalue weighted by Crippen LogP contribution is -2.21. The first kappa shape index (κ1) is 10.8. The Hall–Kier alpha value is -0.740. The van der Waals surface area contributed by atoms with Gasteiger partial charge in [0.2, 0.25) is 0 Å². The van der Waals surface area contributed by atoms with Crippen LogP contribution in [0.2, 0.25) is 5.02 Å². The van der Waals surface area contributed by atoms with Gasteiger partial charge in [0.15, 0.2) is 0 Å². The van der Waals surface area contributed by atoms with E-state index < -0.39 is 0 Å². The molecule has 15 heavy (non-hydrogen) atoms. The number of nitrogens with zero attached hydrogens (tertiary/aromatic N) is 2. The Morgan fingerprint density at radius 2 is 2.20 bits per heavy atom. The molecule has 2 N–H and O–H groups in total. The van der Waals surface area contributed by atoms with Gasteiger partial charge in [-0.05, 0) is 25.7 Å². The molecule has 1 aliphatic heterocycles. The topological polar surface area (TPSA) is 53.1 Å². The third kappa shape index (κ3) is 2.26. The molecular formula is C10H16ClN3O. The number of halogens is 1. The minimum Gasteiger partial charge on any atom is -0.383 e. The molecule has 2 heterocycles. The van der Waals surface area contributed by atoms with E-state index in [0.717, 1.165) is 38.3 Å². The van der Waals surface area contributed by atoms with Crippen LogP contribution < -0.4 is 5.73 Å². The smallest absolute Gasteiger partial charge is 0.140 e. The molecule has 0 atom stereocenters. The summed E-state index contributed by atoms with van der Waals surface area (Å²) >= 11 is 5.98. The van der Waals surface area contributed by atoms with Crippen LogP contribution >= 0.6 is 11.6 Å². The maximum Gasteiger partial charge on any atom is 0.140 e. The number of ether oxygens (including phenoxy) is 1. The molecule has 0 bridgehead atoms. The molecule has 1 fully saturated rings. The normalized spacial score (nSPS) is 18.3. The molecule has 0 unspecified atom stereocenters. The average Bonchev–Trinajstić information content (AvgIpc) is 2.48. The maximum absolute atomic E-state index is 5.98. The van der Waals surface area contributed by atoms with Crippen molar-refractivity contribution in [2.24, 2.45) is 5.92 Å². The minimum atomic E-state index is 0.584. The van der Waals surface area contributed by atoms with Crippen molar-refractivity contribution < 1.29 is 4.74 Å². The zero-order chi connectivity index (χ0) is 10.8. The second-order valence-electron chi connectivity index (χ2n) is 4.02. The Morgan fingerprint density at radius 1 is 1.53 bits per heavy atom. The van der Waals surface area contributed by atoms with E-state index in [2.05, 4.69) is 5.10 Å². The highest BCUT2D eigenvalue weighted by atomic mass is 35.5. The van der Waals surface area contributed by atoms with Crippen molar-refractivity contribution in [1.82, 2.24) is 9.78 Å². The van der Waals surface area contributed by atoms with E-state index in [1.165, 1.54) is 0 Å². The quantitative estimate of drug-likeness (QED) is 0.842. The number of anilines is 1. The number of rotatable bonds is 2. The number of hydrogen-bond acceptors (Lipinski definition) is 3. The maximum atomic E-state index is 5.98. The monoisotopic (exact) mass is 229 g/mol. The predicted molar refractivity (Wildman–Crippen MR) is 59.9 cm³/mol. The number of aryl methyl sites for hydroxylation is 1. The molecule has 2 rings (SSSR count). The van der Waals surface area contributed by atoms with Gasteiger partial charge in [0.1, 0.15) is 10.8 Å². The predicted octanol–water partition coefficient (Wildman–Crippen LogP) is 1.85. The standard InChI is InChI=1S/C10H16ClN3O/c1-7-9(11)10(12)14(13-7)6-8-2-4-15-5-3-8/h8H,2-6,12H2,1H3.